The van der Waals surface area contributed by atoms with E-state index >= 15 is 0 Å². The number of hydrogen-bond donors (Lipinski definition) is 0. The number of rotatable bonds is 2. The molecule has 4 rings (SSSR count). The van der Waals surface area contributed by atoms with Gasteiger partial charge in [0.05, 0.1) is 22.5 Å². The number of Topliss-reactive ketones (excluding diaryl/α,β-unsaturated/α-hetero) is 2. The summed E-state index contributed by atoms with van der Waals surface area (Å²) in [6.07, 6.45) is 2.79. The average Bonchev–Trinajstić information content (AvgIpc) is 2.92. The molecule has 5 nitrogen and oxygen atoms in total. The highest BCUT2D eigenvalue weighted by Gasteiger charge is 2.30. The third-order valence-electron chi connectivity index (χ3n) is 4.71. The van der Waals surface area contributed by atoms with Crippen molar-refractivity contribution < 1.29 is 9.59 Å². The van der Waals surface area contributed by atoms with Gasteiger partial charge in [-0.2, -0.15) is 5.10 Å². The van der Waals surface area contributed by atoms with Crippen molar-refractivity contribution in [1.29, 1.82) is 0 Å². The number of fused-ring (bicyclic) bond motifs is 3. The zero-order valence-electron chi connectivity index (χ0n) is 13.6. The Bertz CT molecular complexity index is 973. The lowest BCUT2D eigenvalue weighted by Crippen LogP contribution is -2.22. The van der Waals surface area contributed by atoms with Crippen molar-refractivity contribution in [2.45, 2.75) is 32.6 Å². The summed E-state index contributed by atoms with van der Waals surface area (Å²) in [6.45, 7) is 3.32. The van der Waals surface area contributed by atoms with E-state index in [0.717, 1.165) is 11.3 Å². The third kappa shape index (κ3) is 2.16. The number of aromatic nitrogens is 3. The Hall–Kier alpha value is -2.82. The Kier molecular flexibility index (Phi) is 3.30. The molecule has 24 heavy (non-hydrogen) atoms. The van der Waals surface area contributed by atoms with Crippen molar-refractivity contribution >= 4 is 17.2 Å². The van der Waals surface area contributed by atoms with Crippen LogP contribution in [0.2, 0.25) is 0 Å². The molecule has 1 atom stereocenters. The Morgan fingerprint density at radius 3 is 2.67 bits per heavy atom. The van der Waals surface area contributed by atoms with Crippen molar-refractivity contribution in [2.75, 3.05) is 0 Å². The molecule has 2 heterocycles. The lowest BCUT2D eigenvalue weighted by atomic mass is 9.82. The summed E-state index contributed by atoms with van der Waals surface area (Å²) in [5.74, 6) is 0.149. The van der Waals surface area contributed by atoms with E-state index in [1.54, 1.807) is 17.6 Å². The fraction of sp³-hybridized carbons (Fsp3) is 0.263. The van der Waals surface area contributed by atoms with E-state index in [0.29, 0.717) is 35.3 Å². The first-order valence-corrected chi connectivity index (χ1v) is 8.02. The number of carbonyl (C=O) groups is 2. The van der Waals surface area contributed by atoms with Crippen LogP contribution in [0.4, 0.5) is 0 Å². The molecule has 120 valence electrons. The van der Waals surface area contributed by atoms with Gasteiger partial charge >= 0.3 is 0 Å². The summed E-state index contributed by atoms with van der Waals surface area (Å²) in [5.41, 5.74) is 4.34. The number of ketones is 2. The summed E-state index contributed by atoms with van der Waals surface area (Å²) in [6, 6.07) is 10.1. The molecule has 0 aliphatic heterocycles. The molecule has 1 unspecified atom stereocenters. The molecule has 0 fully saturated rings. The zero-order chi connectivity index (χ0) is 16.8. The predicted octanol–water partition coefficient (Wildman–Crippen LogP) is 3.15. The quantitative estimate of drug-likeness (QED) is 0.681. The minimum Gasteiger partial charge on any atom is -0.294 e. The number of hydrogen-bond acceptors (Lipinski definition) is 4. The molecule has 0 saturated heterocycles. The van der Waals surface area contributed by atoms with Gasteiger partial charge in [-0.1, -0.05) is 30.3 Å². The van der Waals surface area contributed by atoms with Gasteiger partial charge < -0.3 is 0 Å². The van der Waals surface area contributed by atoms with Crippen LogP contribution in [0.5, 0.6) is 0 Å². The van der Waals surface area contributed by atoms with E-state index < -0.39 is 0 Å². The smallest absolute Gasteiger partial charge is 0.166 e. The fourth-order valence-corrected chi connectivity index (χ4v) is 3.58. The van der Waals surface area contributed by atoms with Gasteiger partial charge in [0.15, 0.2) is 17.2 Å². The van der Waals surface area contributed by atoms with Crippen LogP contribution in [0.3, 0.4) is 0 Å². The topological polar surface area (TPSA) is 64.3 Å². The van der Waals surface area contributed by atoms with Crippen LogP contribution in [0.15, 0.2) is 36.5 Å². The molecular weight excluding hydrogens is 302 g/mol. The van der Waals surface area contributed by atoms with Crippen molar-refractivity contribution in [3.05, 3.63) is 64.6 Å². The van der Waals surface area contributed by atoms with Crippen LogP contribution in [-0.4, -0.2) is 26.2 Å². The summed E-state index contributed by atoms with van der Waals surface area (Å²) in [5, 5.41) is 4.49. The van der Waals surface area contributed by atoms with E-state index in [4.69, 9.17) is 0 Å². The standard InChI is InChI=1S/C19H17N3O2/c1-11-18(12(2)23)19-20-10-15-16(22(19)21-11)8-14(9-17(15)24)13-6-4-3-5-7-13/h3-7,10,14H,8-9H2,1-2H3. The molecular formula is C19H17N3O2. The second kappa shape index (κ2) is 5.37. The van der Waals surface area contributed by atoms with E-state index in [1.807, 2.05) is 18.2 Å². The molecule has 3 aromatic rings. The molecule has 1 aliphatic rings. The second-order valence-electron chi connectivity index (χ2n) is 6.31. The van der Waals surface area contributed by atoms with Gasteiger partial charge in [0.2, 0.25) is 0 Å². The van der Waals surface area contributed by atoms with Crippen LogP contribution in [-0.2, 0) is 6.42 Å². The lowest BCUT2D eigenvalue weighted by molar-refractivity contribution is 0.0961. The molecule has 1 aromatic carbocycles. The van der Waals surface area contributed by atoms with Gasteiger partial charge in [0.1, 0.15) is 0 Å². The molecule has 0 saturated carbocycles. The van der Waals surface area contributed by atoms with E-state index in [1.165, 1.54) is 6.92 Å². The Labute approximate surface area is 139 Å². The fourth-order valence-electron chi connectivity index (χ4n) is 3.58. The molecule has 0 bridgehead atoms. The summed E-state index contributed by atoms with van der Waals surface area (Å²) < 4.78 is 1.69. The zero-order valence-corrected chi connectivity index (χ0v) is 13.6. The van der Waals surface area contributed by atoms with Gasteiger partial charge in [0.25, 0.3) is 0 Å². The minimum atomic E-state index is -0.0586. The largest absolute Gasteiger partial charge is 0.294 e. The molecule has 0 spiro atoms. The molecule has 0 radical (unpaired) electrons. The Morgan fingerprint density at radius 2 is 1.96 bits per heavy atom. The maximum Gasteiger partial charge on any atom is 0.166 e. The van der Waals surface area contributed by atoms with Crippen LogP contribution in [0, 0.1) is 6.92 Å². The van der Waals surface area contributed by atoms with Crippen molar-refractivity contribution in [3.63, 3.8) is 0 Å². The van der Waals surface area contributed by atoms with Gasteiger partial charge in [-0.05, 0) is 31.7 Å². The molecule has 0 N–H and O–H groups in total. The first kappa shape index (κ1) is 14.8. The van der Waals surface area contributed by atoms with Crippen LogP contribution in [0.25, 0.3) is 5.65 Å². The van der Waals surface area contributed by atoms with Crippen molar-refractivity contribution in [1.82, 2.24) is 14.6 Å². The number of nitrogens with zero attached hydrogens (tertiary/aromatic N) is 3. The highest BCUT2D eigenvalue weighted by Crippen LogP contribution is 2.33. The van der Waals surface area contributed by atoms with Gasteiger partial charge in [-0.3, -0.25) is 9.59 Å². The normalized spacial score (nSPS) is 17.1. The molecule has 0 amide bonds. The molecule has 2 aromatic heterocycles. The van der Waals surface area contributed by atoms with E-state index in [-0.39, 0.29) is 17.5 Å². The van der Waals surface area contributed by atoms with E-state index in [2.05, 4.69) is 22.2 Å². The predicted molar refractivity (Wildman–Crippen MR) is 89.6 cm³/mol. The van der Waals surface area contributed by atoms with Crippen LogP contribution < -0.4 is 0 Å². The first-order valence-electron chi connectivity index (χ1n) is 8.02. The minimum absolute atomic E-state index is 0.0586. The summed E-state index contributed by atoms with van der Waals surface area (Å²) in [7, 11) is 0. The SMILES string of the molecule is CC(=O)c1c(C)nn2c3c(cnc12)C(=O)CC(c1ccccc1)C3. The Morgan fingerprint density at radius 1 is 1.21 bits per heavy atom. The summed E-state index contributed by atoms with van der Waals surface area (Å²) >= 11 is 0. The van der Waals surface area contributed by atoms with Crippen molar-refractivity contribution in [3.8, 4) is 0 Å². The highest BCUT2D eigenvalue weighted by atomic mass is 16.1. The second-order valence-corrected chi connectivity index (χ2v) is 6.31. The highest BCUT2D eigenvalue weighted by molar-refractivity contribution is 6.02. The molecule has 5 heteroatoms. The van der Waals surface area contributed by atoms with E-state index in [9.17, 15) is 9.59 Å². The van der Waals surface area contributed by atoms with Gasteiger partial charge in [-0.25, -0.2) is 9.50 Å². The summed E-state index contributed by atoms with van der Waals surface area (Å²) in [4.78, 5) is 28.8. The van der Waals surface area contributed by atoms with Gasteiger partial charge in [0, 0.05) is 12.6 Å². The lowest BCUT2D eigenvalue weighted by Gasteiger charge is -2.24. The number of carbonyl (C=O) groups excluding carboxylic acids is 2. The van der Waals surface area contributed by atoms with Crippen LogP contribution in [0.1, 0.15) is 56.9 Å². The maximum absolute atomic E-state index is 12.6. The average molecular weight is 319 g/mol. The molecule has 1 aliphatic carbocycles. The Balaban J connectivity index is 1.90. The van der Waals surface area contributed by atoms with Crippen LogP contribution >= 0.6 is 0 Å². The first-order chi connectivity index (χ1) is 11.6. The third-order valence-corrected chi connectivity index (χ3v) is 4.71. The number of benzene rings is 1. The van der Waals surface area contributed by atoms with Gasteiger partial charge in [-0.15, -0.1) is 0 Å². The number of aryl methyl sites for hydroxylation is 1. The van der Waals surface area contributed by atoms with Crippen molar-refractivity contribution in [2.24, 2.45) is 0 Å². The maximum atomic E-state index is 12.6. The monoisotopic (exact) mass is 319 g/mol.